The Morgan fingerprint density at radius 3 is 2.47 bits per heavy atom. The molecule has 0 spiro atoms. The lowest BCUT2D eigenvalue weighted by molar-refractivity contribution is 0.284. The third-order valence-electron chi connectivity index (χ3n) is 2.58. The minimum Gasteiger partial charge on any atom is -0.494 e. The number of nitrogens with zero attached hydrogens (tertiary/aromatic N) is 1. The zero-order valence-corrected chi connectivity index (χ0v) is 11.5. The highest BCUT2D eigenvalue weighted by Crippen LogP contribution is 2.22. The first-order valence-electron chi connectivity index (χ1n) is 5.75. The lowest BCUT2D eigenvalue weighted by Gasteiger charge is -2.14. The van der Waals surface area contributed by atoms with Crippen molar-refractivity contribution < 1.29 is 4.74 Å². The molecule has 92 valence electrons. The van der Waals surface area contributed by atoms with Gasteiger partial charge in [0.05, 0.1) is 18.1 Å². The summed E-state index contributed by atoms with van der Waals surface area (Å²) >= 11 is 1.72. The highest BCUT2D eigenvalue weighted by Gasteiger charge is 2.15. The van der Waals surface area contributed by atoms with Crippen LogP contribution in [0.1, 0.15) is 26.7 Å². The molecule has 0 fully saturated rings. The zero-order chi connectivity index (χ0) is 12.7. The summed E-state index contributed by atoms with van der Waals surface area (Å²) in [5.41, 5.74) is -0.244. The van der Waals surface area contributed by atoms with Gasteiger partial charge >= 0.3 is 0 Å². The predicted molar refractivity (Wildman–Crippen MR) is 72.3 cm³/mol. The van der Waals surface area contributed by atoms with E-state index in [1.807, 2.05) is 26.0 Å². The standard InChI is InChI=1S/C14H19NOS/c1-14(2,11-15)9-4-10-16-12-5-7-13(17-3)8-6-12/h5-8H,4,9-10H2,1-3H3. The Kier molecular flexibility index (Phi) is 5.37. The van der Waals surface area contributed by atoms with Gasteiger partial charge < -0.3 is 4.74 Å². The molecule has 0 aromatic heterocycles. The van der Waals surface area contributed by atoms with Crippen LogP contribution < -0.4 is 4.74 Å². The van der Waals surface area contributed by atoms with Gasteiger partial charge in [-0.3, -0.25) is 0 Å². The average molecular weight is 249 g/mol. The molecule has 0 saturated heterocycles. The van der Waals surface area contributed by atoms with Gasteiger partial charge in [0.15, 0.2) is 0 Å². The van der Waals surface area contributed by atoms with Gasteiger partial charge in [-0.2, -0.15) is 5.26 Å². The second-order valence-corrected chi connectivity index (χ2v) is 5.50. The molecule has 0 radical (unpaired) electrons. The summed E-state index contributed by atoms with van der Waals surface area (Å²) in [4.78, 5) is 1.24. The first-order chi connectivity index (χ1) is 8.07. The molecule has 2 nitrogen and oxygen atoms in total. The molecule has 0 amide bonds. The quantitative estimate of drug-likeness (QED) is 0.561. The molecule has 1 aromatic rings. The summed E-state index contributed by atoms with van der Waals surface area (Å²) in [5, 5.41) is 8.87. The molecular formula is C14H19NOS. The molecule has 0 aliphatic rings. The van der Waals surface area contributed by atoms with E-state index in [4.69, 9.17) is 10.00 Å². The van der Waals surface area contributed by atoms with Gasteiger partial charge in [0.1, 0.15) is 5.75 Å². The fourth-order valence-corrected chi connectivity index (χ4v) is 1.84. The Morgan fingerprint density at radius 2 is 1.94 bits per heavy atom. The second kappa shape index (κ2) is 6.56. The minimum atomic E-state index is -0.244. The monoisotopic (exact) mass is 249 g/mol. The number of thioether (sulfide) groups is 1. The maximum Gasteiger partial charge on any atom is 0.119 e. The van der Waals surface area contributed by atoms with Gasteiger partial charge in [-0.1, -0.05) is 0 Å². The van der Waals surface area contributed by atoms with Crippen LogP contribution in [0, 0.1) is 16.7 Å². The molecule has 17 heavy (non-hydrogen) atoms. The molecule has 0 aliphatic heterocycles. The molecule has 0 unspecified atom stereocenters. The Labute approximate surface area is 108 Å². The maximum absolute atomic E-state index is 8.87. The number of hydrogen-bond donors (Lipinski definition) is 0. The van der Waals surface area contributed by atoms with Crippen molar-refractivity contribution in [1.29, 1.82) is 5.26 Å². The van der Waals surface area contributed by atoms with E-state index in [2.05, 4.69) is 24.5 Å². The second-order valence-electron chi connectivity index (χ2n) is 4.62. The Hall–Kier alpha value is -1.14. The smallest absolute Gasteiger partial charge is 0.119 e. The highest BCUT2D eigenvalue weighted by molar-refractivity contribution is 7.98. The summed E-state index contributed by atoms with van der Waals surface area (Å²) in [7, 11) is 0. The molecule has 0 heterocycles. The summed E-state index contributed by atoms with van der Waals surface area (Å²) in [5.74, 6) is 0.901. The van der Waals surface area contributed by atoms with Crippen molar-refractivity contribution >= 4 is 11.8 Å². The van der Waals surface area contributed by atoms with Crippen LogP contribution >= 0.6 is 11.8 Å². The van der Waals surface area contributed by atoms with E-state index in [0.29, 0.717) is 6.61 Å². The molecule has 0 saturated carbocycles. The van der Waals surface area contributed by atoms with Gasteiger partial charge in [-0.15, -0.1) is 11.8 Å². The van der Waals surface area contributed by atoms with Gasteiger partial charge in [0.25, 0.3) is 0 Å². The lowest BCUT2D eigenvalue weighted by Crippen LogP contribution is -2.10. The van der Waals surface area contributed by atoms with Crippen molar-refractivity contribution in [2.75, 3.05) is 12.9 Å². The van der Waals surface area contributed by atoms with Crippen LogP contribution in [0.5, 0.6) is 5.75 Å². The summed E-state index contributed by atoms with van der Waals surface area (Å²) in [6, 6.07) is 10.4. The van der Waals surface area contributed by atoms with E-state index < -0.39 is 0 Å². The number of nitriles is 1. The van der Waals surface area contributed by atoms with E-state index in [-0.39, 0.29) is 5.41 Å². The maximum atomic E-state index is 8.87. The lowest BCUT2D eigenvalue weighted by atomic mass is 9.90. The van der Waals surface area contributed by atoms with Crippen LogP contribution in [0.3, 0.4) is 0 Å². The van der Waals surface area contributed by atoms with Gasteiger partial charge in [-0.25, -0.2) is 0 Å². The topological polar surface area (TPSA) is 33.0 Å². The van der Waals surface area contributed by atoms with Crippen LogP contribution in [0.15, 0.2) is 29.2 Å². The normalized spacial score (nSPS) is 10.9. The molecule has 1 aromatic carbocycles. The van der Waals surface area contributed by atoms with Crippen LogP contribution in [-0.4, -0.2) is 12.9 Å². The molecule has 0 atom stereocenters. The van der Waals surface area contributed by atoms with E-state index in [0.717, 1.165) is 18.6 Å². The summed E-state index contributed by atoms with van der Waals surface area (Å²) < 4.78 is 5.63. The highest BCUT2D eigenvalue weighted by atomic mass is 32.2. The molecule has 0 aliphatic carbocycles. The van der Waals surface area contributed by atoms with E-state index in [9.17, 15) is 0 Å². The fraction of sp³-hybridized carbons (Fsp3) is 0.500. The average Bonchev–Trinajstić information content (AvgIpc) is 2.35. The van der Waals surface area contributed by atoms with Crippen LogP contribution in [0.4, 0.5) is 0 Å². The van der Waals surface area contributed by atoms with E-state index >= 15 is 0 Å². The van der Waals surface area contributed by atoms with Crippen molar-refractivity contribution in [2.45, 2.75) is 31.6 Å². The Bertz CT molecular complexity index is 378. The number of ether oxygens (including phenoxy) is 1. The Balaban J connectivity index is 2.29. The van der Waals surface area contributed by atoms with Crippen molar-refractivity contribution in [1.82, 2.24) is 0 Å². The molecule has 1 rings (SSSR count). The summed E-state index contributed by atoms with van der Waals surface area (Å²) in [6.07, 6.45) is 3.83. The third-order valence-corrected chi connectivity index (χ3v) is 3.32. The van der Waals surface area contributed by atoms with E-state index in [1.165, 1.54) is 4.90 Å². The Morgan fingerprint density at radius 1 is 1.29 bits per heavy atom. The van der Waals surface area contributed by atoms with Gasteiger partial charge in [0, 0.05) is 4.90 Å². The minimum absolute atomic E-state index is 0.244. The predicted octanol–water partition coefficient (Wildman–Crippen LogP) is 4.12. The first kappa shape index (κ1) is 13.9. The van der Waals surface area contributed by atoms with Crippen LogP contribution in [0.2, 0.25) is 0 Å². The van der Waals surface area contributed by atoms with Crippen molar-refractivity contribution in [3.8, 4) is 11.8 Å². The SMILES string of the molecule is CSc1ccc(OCCCC(C)(C)C#N)cc1. The van der Waals surface area contributed by atoms with Gasteiger partial charge in [0.2, 0.25) is 0 Å². The number of hydrogen-bond acceptors (Lipinski definition) is 3. The van der Waals surface area contributed by atoms with Crippen LogP contribution in [-0.2, 0) is 0 Å². The van der Waals surface area contributed by atoms with Gasteiger partial charge in [-0.05, 0) is 57.2 Å². The van der Waals surface area contributed by atoms with Crippen LogP contribution in [0.25, 0.3) is 0 Å². The van der Waals surface area contributed by atoms with Crippen molar-refractivity contribution in [2.24, 2.45) is 5.41 Å². The first-order valence-corrected chi connectivity index (χ1v) is 6.98. The molecule has 0 bridgehead atoms. The molecule has 0 N–H and O–H groups in total. The number of benzene rings is 1. The third kappa shape index (κ3) is 5.14. The molecular weight excluding hydrogens is 230 g/mol. The zero-order valence-electron chi connectivity index (χ0n) is 10.7. The van der Waals surface area contributed by atoms with Crippen molar-refractivity contribution in [3.63, 3.8) is 0 Å². The number of rotatable bonds is 6. The summed E-state index contributed by atoms with van der Waals surface area (Å²) in [6.45, 7) is 4.59. The largest absolute Gasteiger partial charge is 0.494 e. The molecule has 3 heteroatoms. The van der Waals surface area contributed by atoms with E-state index in [1.54, 1.807) is 11.8 Å². The van der Waals surface area contributed by atoms with Crippen molar-refractivity contribution in [3.05, 3.63) is 24.3 Å². The fourth-order valence-electron chi connectivity index (χ4n) is 1.43.